The number of hydrogen-bond acceptors (Lipinski definition) is 4. The minimum Gasteiger partial charge on any atom is -0.355 e. The summed E-state index contributed by atoms with van der Waals surface area (Å²) in [6.07, 6.45) is 3.29. The predicted molar refractivity (Wildman–Crippen MR) is 117 cm³/mol. The van der Waals surface area contributed by atoms with E-state index in [9.17, 15) is 19.2 Å². The molecule has 3 aliphatic rings. The number of nitrogens with one attached hydrogen (secondary N) is 3. The largest absolute Gasteiger partial charge is 0.355 e. The van der Waals surface area contributed by atoms with Crippen molar-refractivity contribution in [3.8, 4) is 0 Å². The van der Waals surface area contributed by atoms with E-state index in [0.717, 1.165) is 19.3 Å². The highest BCUT2D eigenvalue weighted by Gasteiger charge is 2.51. The summed E-state index contributed by atoms with van der Waals surface area (Å²) in [4.78, 5) is 51.8. The van der Waals surface area contributed by atoms with Crippen molar-refractivity contribution in [2.45, 2.75) is 79.3 Å². The van der Waals surface area contributed by atoms with Gasteiger partial charge in [0.15, 0.2) is 0 Å². The lowest BCUT2D eigenvalue weighted by Crippen LogP contribution is -2.61. The lowest BCUT2D eigenvalue weighted by atomic mass is 9.73. The lowest BCUT2D eigenvalue weighted by molar-refractivity contribution is -0.143. The van der Waals surface area contributed by atoms with Crippen molar-refractivity contribution in [2.24, 2.45) is 22.2 Å². The smallest absolute Gasteiger partial charge is 0.245 e. The first kappa shape index (κ1) is 23.5. The van der Waals surface area contributed by atoms with Gasteiger partial charge in [-0.25, -0.2) is 0 Å². The van der Waals surface area contributed by atoms with Crippen LogP contribution in [0.4, 0.5) is 0 Å². The third-order valence-electron chi connectivity index (χ3n) is 7.10. The predicted octanol–water partition coefficient (Wildman–Crippen LogP) is 1.20. The molecule has 0 radical (unpaired) electrons. The topological polar surface area (TPSA) is 108 Å². The van der Waals surface area contributed by atoms with Crippen molar-refractivity contribution < 1.29 is 19.2 Å². The molecule has 0 aromatic rings. The van der Waals surface area contributed by atoms with Gasteiger partial charge in [-0.05, 0) is 35.5 Å². The Kier molecular flexibility index (Phi) is 6.15. The maximum absolute atomic E-state index is 13.4. The first-order valence-electron chi connectivity index (χ1n) is 11.4. The number of nitrogens with zero attached hydrogens (tertiary/aromatic N) is 1. The van der Waals surface area contributed by atoms with Crippen LogP contribution in [0.15, 0.2) is 0 Å². The first-order chi connectivity index (χ1) is 14.2. The summed E-state index contributed by atoms with van der Waals surface area (Å²) in [7, 11) is 0. The number of carbonyl (C=O) groups is 4. The van der Waals surface area contributed by atoms with Crippen molar-refractivity contribution in [1.82, 2.24) is 20.9 Å². The molecule has 4 amide bonds. The first-order valence-corrected chi connectivity index (χ1v) is 11.4. The molecule has 2 unspecified atom stereocenters. The Hall–Kier alpha value is -2.12. The van der Waals surface area contributed by atoms with E-state index < -0.39 is 16.9 Å². The number of rotatable bonds is 4. The van der Waals surface area contributed by atoms with E-state index in [1.807, 2.05) is 39.5 Å². The van der Waals surface area contributed by atoms with Gasteiger partial charge in [0.2, 0.25) is 23.6 Å². The number of carbonyl (C=O) groups excluding carboxylic acids is 4. The fourth-order valence-electron chi connectivity index (χ4n) is 5.07. The molecule has 1 saturated carbocycles. The van der Waals surface area contributed by atoms with Crippen LogP contribution in [0, 0.1) is 22.2 Å². The van der Waals surface area contributed by atoms with Crippen LogP contribution in [0.3, 0.4) is 0 Å². The maximum Gasteiger partial charge on any atom is 0.245 e. The molecule has 1 aliphatic carbocycles. The zero-order valence-corrected chi connectivity index (χ0v) is 19.8. The molecule has 0 bridgehead atoms. The van der Waals surface area contributed by atoms with Crippen molar-refractivity contribution in [1.29, 1.82) is 0 Å². The van der Waals surface area contributed by atoms with Gasteiger partial charge in [-0.1, -0.05) is 34.6 Å². The molecule has 174 valence electrons. The zero-order chi connectivity index (χ0) is 23.2. The summed E-state index contributed by atoms with van der Waals surface area (Å²) >= 11 is 0. The van der Waals surface area contributed by atoms with Gasteiger partial charge in [-0.3, -0.25) is 19.2 Å². The number of amides is 4. The Morgan fingerprint density at radius 3 is 2.35 bits per heavy atom. The summed E-state index contributed by atoms with van der Waals surface area (Å²) in [6, 6.07) is -0.734. The number of hydrogen-bond donors (Lipinski definition) is 3. The number of piperidine rings is 2. The van der Waals surface area contributed by atoms with Gasteiger partial charge in [0.25, 0.3) is 0 Å². The van der Waals surface area contributed by atoms with E-state index in [1.54, 1.807) is 0 Å². The number of likely N-dealkylation sites (tertiary alicyclic amines) is 1. The minimum atomic E-state index is -0.609. The highest BCUT2D eigenvalue weighted by molar-refractivity contribution is 5.88. The van der Waals surface area contributed by atoms with E-state index in [1.165, 1.54) is 6.92 Å². The monoisotopic (exact) mass is 434 g/mol. The summed E-state index contributed by atoms with van der Waals surface area (Å²) in [5.41, 5.74) is -0.753. The van der Waals surface area contributed by atoms with Gasteiger partial charge in [0.1, 0.15) is 6.04 Å². The van der Waals surface area contributed by atoms with Crippen LogP contribution in [-0.4, -0.2) is 60.2 Å². The van der Waals surface area contributed by atoms with Crippen molar-refractivity contribution in [3.63, 3.8) is 0 Å². The summed E-state index contributed by atoms with van der Waals surface area (Å²) in [6.45, 7) is 12.6. The molecular formula is C23H38N4O4. The Morgan fingerprint density at radius 1 is 1.19 bits per heavy atom. The zero-order valence-electron chi connectivity index (χ0n) is 19.8. The molecule has 3 N–H and O–H groups in total. The fraction of sp³-hybridized carbons (Fsp3) is 0.826. The van der Waals surface area contributed by atoms with Gasteiger partial charge in [-0.2, -0.15) is 0 Å². The summed E-state index contributed by atoms with van der Waals surface area (Å²) in [5.74, 6) is -0.690. The average Bonchev–Trinajstić information content (AvgIpc) is 3.34. The van der Waals surface area contributed by atoms with Gasteiger partial charge in [0.05, 0.1) is 5.92 Å². The fourth-order valence-corrected chi connectivity index (χ4v) is 5.07. The van der Waals surface area contributed by atoms with Crippen LogP contribution >= 0.6 is 0 Å². The SMILES string of the molecule is CC(=O)N[C@H](C(=O)N1CC(NC(=O)C2CNC(=O)CC2(C)C)CC2(CC2)C1)C(C)(C)C. The van der Waals surface area contributed by atoms with E-state index >= 15 is 0 Å². The average molecular weight is 435 g/mol. The van der Waals surface area contributed by atoms with E-state index in [4.69, 9.17) is 0 Å². The molecule has 3 rings (SSSR count). The Labute approximate surface area is 185 Å². The highest BCUT2D eigenvalue weighted by atomic mass is 16.2. The van der Waals surface area contributed by atoms with E-state index in [2.05, 4.69) is 16.0 Å². The maximum atomic E-state index is 13.4. The van der Waals surface area contributed by atoms with Gasteiger partial charge in [0, 0.05) is 39.0 Å². The summed E-state index contributed by atoms with van der Waals surface area (Å²) < 4.78 is 0. The van der Waals surface area contributed by atoms with Crippen LogP contribution in [0.5, 0.6) is 0 Å². The Balaban J connectivity index is 1.72. The van der Waals surface area contributed by atoms with Crippen LogP contribution in [0.25, 0.3) is 0 Å². The normalized spacial score (nSPS) is 27.8. The second-order valence-corrected chi connectivity index (χ2v) is 11.6. The lowest BCUT2D eigenvalue weighted by Gasteiger charge is -2.43. The van der Waals surface area contributed by atoms with Crippen LogP contribution in [0.2, 0.25) is 0 Å². The molecular weight excluding hydrogens is 396 g/mol. The molecule has 0 aromatic heterocycles. The van der Waals surface area contributed by atoms with E-state index in [0.29, 0.717) is 26.1 Å². The highest BCUT2D eigenvalue weighted by Crippen LogP contribution is 2.52. The van der Waals surface area contributed by atoms with Crippen molar-refractivity contribution in [2.75, 3.05) is 19.6 Å². The van der Waals surface area contributed by atoms with Gasteiger partial charge < -0.3 is 20.9 Å². The van der Waals surface area contributed by atoms with Crippen LogP contribution in [0.1, 0.15) is 67.2 Å². The third kappa shape index (κ3) is 5.39. The third-order valence-corrected chi connectivity index (χ3v) is 7.10. The summed E-state index contributed by atoms with van der Waals surface area (Å²) in [5, 5.41) is 8.82. The molecule has 2 saturated heterocycles. The second-order valence-electron chi connectivity index (χ2n) is 11.6. The molecule has 31 heavy (non-hydrogen) atoms. The van der Waals surface area contributed by atoms with Crippen molar-refractivity contribution in [3.05, 3.63) is 0 Å². The van der Waals surface area contributed by atoms with Crippen LogP contribution < -0.4 is 16.0 Å². The molecule has 1 spiro atoms. The second kappa shape index (κ2) is 8.10. The molecule has 2 aliphatic heterocycles. The molecule has 2 heterocycles. The quantitative estimate of drug-likeness (QED) is 0.618. The molecule has 8 nitrogen and oxygen atoms in total. The standard InChI is InChI=1S/C23H38N4O4/c1-14(28)25-18(21(2,3)4)20(31)27-12-15(9-23(13-27)7-8-23)26-19(30)16-11-24-17(29)10-22(16,5)6/h15-16,18H,7-13H2,1-6H3,(H,24,29)(H,25,28)(H,26,30)/t15?,16?,18-/m1/s1. The van der Waals surface area contributed by atoms with Crippen molar-refractivity contribution >= 4 is 23.6 Å². The minimum absolute atomic E-state index is 0.0217. The Bertz CT molecular complexity index is 766. The van der Waals surface area contributed by atoms with E-state index in [-0.39, 0.29) is 41.0 Å². The Morgan fingerprint density at radius 2 is 1.84 bits per heavy atom. The molecule has 0 aromatic carbocycles. The van der Waals surface area contributed by atoms with Gasteiger partial charge in [-0.15, -0.1) is 0 Å². The van der Waals surface area contributed by atoms with Crippen LogP contribution in [-0.2, 0) is 19.2 Å². The molecule has 3 fully saturated rings. The van der Waals surface area contributed by atoms with Gasteiger partial charge >= 0.3 is 0 Å². The molecule has 8 heteroatoms. The molecule has 3 atom stereocenters.